The largest absolute Gasteiger partial charge is 0.365 e. The summed E-state index contributed by atoms with van der Waals surface area (Å²) in [6.45, 7) is 7.63. The summed E-state index contributed by atoms with van der Waals surface area (Å²) in [5.74, 6) is 0.573. The van der Waals surface area contributed by atoms with Gasteiger partial charge in [-0.25, -0.2) is 19.7 Å². The summed E-state index contributed by atoms with van der Waals surface area (Å²) in [5, 5.41) is 13.5. The van der Waals surface area contributed by atoms with Crippen LogP contribution in [0.2, 0.25) is 0 Å². The number of rotatable bonds is 3. The molecule has 166 valence electrons. The lowest BCUT2D eigenvalue weighted by Gasteiger charge is -2.46. The van der Waals surface area contributed by atoms with Gasteiger partial charge in [0.05, 0.1) is 17.1 Å². The number of nitrogens with one attached hydrogen (secondary N) is 3. The van der Waals surface area contributed by atoms with E-state index >= 15 is 0 Å². The number of nitrogens with zero attached hydrogens (tertiary/aromatic N) is 6. The molecule has 3 aromatic heterocycles. The Balaban J connectivity index is 1.55. The smallest absolute Gasteiger partial charge is 0.329 e. The molecule has 3 aromatic rings. The number of amides is 3. The van der Waals surface area contributed by atoms with Crippen molar-refractivity contribution in [2.45, 2.75) is 39.7 Å². The van der Waals surface area contributed by atoms with Crippen LogP contribution in [0.3, 0.4) is 0 Å². The van der Waals surface area contributed by atoms with Crippen LogP contribution < -0.4 is 20.4 Å². The summed E-state index contributed by atoms with van der Waals surface area (Å²) in [4.78, 5) is 43.2. The number of fused-ring (bicyclic) bond motifs is 5. The maximum Gasteiger partial charge on any atom is 0.329 e. The lowest BCUT2D eigenvalue weighted by Crippen LogP contribution is -2.56. The Hall–Kier alpha value is -3.76. The Labute approximate surface area is 184 Å². The van der Waals surface area contributed by atoms with Crippen molar-refractivity contribution in [1.29, 1.82) is 0 Å². The third-order valence-electron chi connectivity index (χ3n) is 5.89. The summed E-state index contributed by atoms with van der Waals surface area (Å²) in [6, 6.07) is 3.35. The average Bonchev–Trinajstić information content (AvgIpc) is 3.15. The number of piperidine rings is 1. The molecule has 5 heterocycles. The zero-order chi connectivity index (χ0) is 22.4. The molecule has 5 rings (SSSR count). The van der Waals surface area contributed by atoms with E-state index in [1.165, 1.54) is 0 Å². The second-order valence-electron chi connectivity index (χ2n) is 8.13. The predicted molar refractivity (Wildman–Crippen MR) is 120 cm³/mol. The molecule has 1 unspecified atom stereocenters. The number of aromatic amines is 1. The normalized spacial score (nSPS) is 17.3. The van der Waals surface area contributed by atoms with E-state index in [4.69, 9.17) is 0 Å². The van der Waals surface area contributed by atoms with Gasteiger partial charge in [0, 0.05) is 25.3 Å². The highest BCUT2D eigenvalue weighted by atomic mass is 16.2. The molecule has 11 heteroatoms. The van der Waals surface area contributed by atoms with Crippen LogP contribution in [0.4, 0.5) is 22.1 Å². The molecule has 2 aliphatic rings. The van der Waals surface area contributed by atoms with Crippen molar-refractivity contribution in [2.24, 2.45) is 0 Å². The van der Waals surface area contributed by atoms with E-state index < -0.39 is 0 Å². The SMILES string of the molecule is CCNC(=O)c1nc(C)c2c(n1)N(C(=O)Nc1n[nH]c3nc(C)ccc13)C1CCCN2C1. The minimum atomic E-state index is -0.357. The second kappa shape index (κ2) is 7.74. The predicted octanol–water partition coefficient (Wildman–Crippen LogP) is 2.14. The van der Waals surface area contributed by atoms with Gasteiger partial charge in [-0.05, 0) is 45.7 Å². The Kier molecular flexibility index (Phi) is 4.87. The van der Waals surface area contributed by atoms with E-state index in [1.54, 1.807) is 4.90 Å². The van der Waals surface area contributed by atoms with E-state index in [0.717, 1.165) is 36.2 Å². The Bertz CT molecular complexity index is 1220. The van der Waals surface area contributed by atoms with Gasteiger partial charge in [0.15, 0.2) is 17.3 Å². The number of urea groups is 1. The van der Waals surface area contributed by atoms with Gasteiger partial charge in [0.2, 0.25) is 5.82 Å². The highest BCUT2D eigenvalue weighted by Gasteiger charge is 2.40. The Morgan fingerprint density at radius 3 is 2.88 bits per heavy atom. The van der Waals surface area contributed by atoms with E-state index in [0.29, 0.717) is 36.1 Å². The van der Waals surface area contributed by atoms with Crippen molar-refractivity contribution in [1.82, 2.24) is 30.5 Å². The number of hydrogen-bond acceptors (Lipinski definition) is 7. The number of aromatic nitrogens is 5. The van der Waals surface area contributed by atoms with E-state index in [9.17, 15) is 9.59 Å². The molecule has 0 aromatic carbocycles. The minimum Gasteiger partial charge on any atom is -0.365 e. The van der Waals surface area contributed by atoms with Gasteiger partial charge in [0.1, 0.15) is 5.69 Å². The second-order valence-corrected chi connectivity index (χ2v) is 8.13. The van der Waals surface area contributed by atoms with Crippen LogP contribution in [-0.2, 0) is 0 Å². The molecular weight excluding hydrogens is 410 g/mol. The number of pyridine rings is 1. The van der Waals surface area contributed by atoms with Gasteiger partial charge in [-0.2, -0.15) is 5.10 Å². The maximum absolute atomic E-state index is 13.5. The van der Waals surface area contributed by atoms with Gasteiger partial charge in [-0.3, -0.25) is 20.1 Å². The molecule has 1 saturated heterocycles. The maximum atomic E-state index is 13.5. The summed E-state index contributed by atoms with van der Waals surface area (Å²) in [6.07, 6.45) is 1.81. The number of hydrogen-bond donors (Lipinski definition) is 3. The van der Waals surface area contributed by atoms with E-state index in [2.05, 4.69) is 40.7 Å². The fraction of sp³-hybridized carbons (Fsp3) is 0.429. The fourth-order valence-electron chi connectivity index (χ4n) is 4.49. The Morgan fingerprint density at radius 1 is 1.22 bits per heavy atom. The first-order chi connectivity index (χ1) is 15.5. The molecule has 3 amide bonds. The van der Waals surface area contributed by atoms with Crippen LogP contribution in [0, 0.1) is 13.8 Å². The van der Waals surface area contributed by atoms with Crippen LogP contribution in [0.1, 0.15) is 41.8 Å². The van der Waals surface area contributed by atoms with E-state index in [-0.39, 0.29) is 23.8 Å². The van der Waals surface area contributed by atoms with Crippen LogP contribution in [0.5, 0.6) is 0 Å². The molecule has 32 heavy (non-hydrogen) atoms. The lowest BCUT2D eigenvalue weighted by molar-refractivity contribution is 0.0945. The quantitative estimate of drug-likeness (QED) is 0.574. The molecule has 1 fully saturated rings. The Morgan fingerprint density at radius 2 is 2.06 bits per heavy atom. The molecule has 2 bridgehead atoms. The van der Waals surface area contributed by atoms with Crippen molar-refractivity contribution in [2.75, 3.05) is 34.8 Å². The highest BCUT2D eigenvalue weighted by molar-refractivity contribution is 6.07. The zero-order valence-electron chi connectivity index (χ0n) is 18.3. The monoisotopic (exact) mass is 435 g/mol. The first kappa shape index (κ1) is 20.2. The lowest BCUT2D eigenvalue weighted by atomic mass is 9.99. The van der Waals surface area contributed by atoms with Crippen LogP contribution in [-0.4, -0.2) is 62.8 Å². The summed E-state index contributed by atoms with van der Waals surface area (Å²) >= 11 is 0. The molecule has 1 atom stereocenters. The molecule has 0 spiro atoms. The summed E-state index contributed by atoms with van der Waals surface area (Å²) in [7, 11) is 0. The topological polar surface area (TPSA) is 132 Å². The van der Waals surface area contributed by atoms with Gasteiger partial charge in [0.25, 0.3) is 5.91 Å². The average molecular weight is 435 g/mol. The van der Waals surface area contributed by atoms with Crippen molar-refractivity contribution < 1.29 is 9.59 Å². The van der Waals surface area contributed by atoms with Crippen LogP contribution in [0.25, 0.3) is 11.0 Å². The molecule has 0 saturated carbocycles. The third kappa shape index (κ3) is 3.29. The third-order valence-corrected chi connectivity index (χ3v) is 5.89. The molecule has 0 radical (unpaired) electrons. The zero-order valence-corrected chi connectivity index (χ0v) is 18.3. The molecule has 3 N–H and O–H groups in total. The number of anilines is 3. The highest BCUT2D eigenvalue weighted by Crippen LogP contribution is 2.40. The number of carbonyl (C=O) groups excluding carboxylic acids is 2. The first-order valence-electron chi connectivity index (χ1n) is 10.8. The van der Waals surface area contributed by atoms with Crippen molar-refractivity contribution >= 4 is 40.3 Å². The molecule has 0 aliphatic carbocycles. The van der Waals surface area contributed by atoms with Gasteiger partial charge < -0.3 is 10.2 Å². The number of H-pyrrole nitrogens is 1. The van der Waals surface area contributed by atoms with Crippen molar-refractivity contribution in [3.05, 3.63) is 29.3 Å². The number of carbonyl (C=O) groups is 2. The van der Waals surface area contributed by atoms with Gasteiger partial charge in [-0.1, -0.05) is 0 Å². The minimum absolute atomic E-state index is 0.0572. The molecule has 2 aliphatic heterocycles. The number of aryl methyl sites for hydroxylation is 2. The standard InChI is InChI=1S/C21H25N9O2/c1-4-22-20(31)18-24-12(3)15-19(25-18)30(13-6-5-9-29(15)10-13)21(32)26-17-14-8-7-11(2)23-16(14)27-28-17/h7-8,13H,4-6,9-10H2,1-3H3,(H,22,31)(H2,23,26,27,28,32). The van der Waals surface area contributed by atoms with Crippen molar-refractivity contribution in [3.63, 3.8) is 0 Å². The van der Waals surface area contributed by atoms with Crippen LogP contribution >= 0.6 is 0 Å². The van der Waals surface area contributed by atoms with Gasteiger partial charge >= 0.3 is 6.03 Å². The molecule has 11 nitrogen and oxygen atoms in total. The first-order valence-corrected chi connectivity index (χ1v) is 10.8. The van der Waals surface area contributed by atoms with E-state index in [1.807, 2.05) is 32.9 Å². The fourth-order valence-corrected chi connectivity index (χ4v) is 4.49. The van der Waals surface area contributed by atoms with Gasteiger partial charge in [-0.15, -0.1) is 0 Å². The summed E-state index contributed by atoms with van der Waals surface area (Å²) < 4.78 is 0. The van der Waals surface area contributed by atoms with Crippen LogP contribution in [0.15, 0.2) is 12.1 Å². The van der Waals surface area contributed by atoms with Crippen molar-refractivity contribution in [3.8, 4) is 0 Å². The molecular formula is C21H25N9O2. The summed E-state index contributed by atoms with van der Waals surface area (Å²) in [5.41, 5.74) is 2.95.